The van der Waals surface area contributed by atoms with Crippen LogP contribution in [0.1, 0.15) is 31.2 Å². The smallest absolute Gasteiger partial charge is 0.224 e. The molecule has 1 aromatic carbocycles. The van der Waals surface area contributed by atoms with Gasteiger partial charge in [0.1, 0.15) is 0 Å². The van der Waals surface area contributed by atoms with Crippen molar-refractivity contribution in [2.45, 2.75) is 43.7 Å². The van der Waals surface area contributed by atoms with Crippen molar-refractivity contribution in [3.63, 3.8) is 0 Å². The third-order valence-electron chi connectivity index (χ3n) is 5.08. The molecule has 1 N–H and O–H groups in total. The van der Waals surface area contributed by atoms with E-state index in [0.29, 0.717) is 6.42 Å². The minimum absolute atomic E-state index is 0.0815. The van der Waals surface area contributed by atoms with E-state index in [-0.39, 0.29) is 17.6 Å². The van der Waals surface area contributed by atoms with Crippen LogP contribution in [0.25, 0.3) is 0 Å². The molecule has 1 aromatic rings. The summed E-state index contributed by atoms with van der Waals surface area (Å²) in [6.45, 7) is 2.25. The number of hydrogen-bond donors (Lipinski definition) is 1. The van der Waals surface area contributed by atoms with Gasteiger partial charge in [0.25, 0.3) is 0 Å². The highest BCUT2D eigenvalue weighted by Gasteiger charge is 2.39. The van der Waals surface area contributed by atoms with Crippen LogP contribution >= 0.6 is 0 Å². The molecule has 0 aromatic heterocycles. The summed E-state index contributed by atoms with van der Waals surface area (Å²) in [5.41, 5.74) is 2.11. The molecule has 0 bridgehead atoms. The van der Waals surface area contributed by atoms with Crippen molar-refractivity contribution in [3.05, 3.63) is 29.8 Å². The lowest BCUT2D eigenvalue weighted by Crippen LogP contribution is -2.51. The average molecular weight is 332 g/mol. The number of rotatable bonds is 4. The van der Waals surface area contributed by atoms with Crippen LogP contribution in [-0.2, 0) is 20.7 Å². The van der Waals surface area contributed by atoms with E-state index in [4.69, 9.17) is 9.47 Å². The topological polar surface area (TPSA) is 50.8 Å². The van der Waals surface area contributed by atoms with Gasteiger partial charge in [-0.15, -0.1) is 0 Å². The van der Waals surface area contributed by atoms with E-state index in [2.05, 4.69) is 10.2 Å². The first-order chi connectivity index (χ1) is 11.6. The number of nitrogens with zero attached hydrogens (tertiary/aromatic N) is 1. The Labute approximate surface area is 144 Å². The molecule has 1 spiro atoms. The van der Waals surface area contributed by atoms with Gasteiger partial charge in [0.15, 0.2) is 0 Å². The van der Waals surface area contributed by atoms with Crippen LogP contribution in [-0.4, -0.2) is 51.5 Å². The number of hydrogen-bond acceptors (Lipinski definition) is 4. The summed E-state index contributed by atoms with van der Waals surface area (Å²) in [6, 6.07) is 8.37. The van der Waals surface area contributed by atoms with E-state index in [0.717, 1.165) is 56.8 Å². The molecule has 0 saturated carbocycles. The van der Waals surface area contributed by atoms with E-state index in [1.165, 1.54) is 0 Å². The Morgan fingerprint density at radius 3 is 2.58 bits per heavy atom. The molecule has 2 heterocycles. The Balaban J connectivity index is 1.52. The SMILES string of the molecule is CN(C)c1ccc(CC(=O)NC2CCOC3(CCOCC3)C2)cc1. The Kier molecular flexibility index (Phi) is 5.41. The second kappa shape index (κ2) is 7.53. The zero-order valence-electron chi connectivity index (χ0n) is 14.7. The second-order valence-corrected chi connectivity index (χ2v) is 7.14. The normalized spacial score (nSPS) is 23.0. The molecule has 24 heavy (non-hydrogen) atoms. The zero-order valence-corrected chi connectivity index (χ0v) is 14.7. The third-order valence-corrected chi connectivity index (χ3v) is 5.08. The Morgan fingerprint density at radius 1 is 1.21 bits per heavy atom. The molecule has 0 radical (unpaired) electrons. The molecule has 132 valence electrons. The molecule has 1 amide bonds. The van der Waals surface area contributed by atoms with Gasteiger partial charge in [0.2, 0.25) is 5.91 Å². The molecule has 5 nitrogen and oxygen atoms in total. The maximum absolute atomic E-state index is 12.4. The van der Waals surface area contributed by atoms with Crippen LogP contribution in [0.15, 0.2) is 24.3 Å². The lowest BCUT2D eigenvalue weighted by molar-refractivity contribution is -0.143. The number of carbonyl (C=O) groups excluding carboxylic acids is 1. The molecule has 2 aliphatic rings. The molecular formula is C19H28N2O3. The number of benzene rings is 1. The van der Waals surface area contributed by atoms with Crippen molar-refractivity contribution < 1.29 is 14.3 Å². The molecule has 3 rings (SSSR count). The molecule has 2 fully saturated rings. The standard InChI is InChI=1S/C19H28N2O3/c1-21(2)17-5-3-15(4-6-17)13-18(22)20-16-7-10-24-19(14-16)8-11-23-12-9-19/h3-6,16H,7-14H2,1-2H3,(H,20,22). The second-order valence-electron chi connectivity index (χ2n) is 7.14. The van der Waals surface area contributed by atoms with Crippen molar-refractivity contribution in [2.24, 2.45) is 0 Å². The van der Waals surface area contributed by atoms with Gasteiger partial charge in [-0.25, -0.2) is 0 Å². The number of nitrogens with one attached hydrogen (secondary N) is 1. The number of carbonyl (C=O) groups is 1. The van der Waals surface area contributed by atoms with Gasteiger partial charge in [-0.3, -0.25) is 4.79 Å². The van der Waals surface area contributed by atoms with E-state index in [1.807, 2.05) is 38.4 Å². The van der Waals surface area contributed by atoms with Crippen LogP contribution in [0, 0.1) is 0 Å². The molecule has 0 aliphatic carbocycles. The summed E-state index contributed by atoms with van der Waals surface area (Å²) >= 11 is 0. The summed E-state index contributed by atoms with van der Waals surface area (Å²) in [4.78, 5) is 14.4. The molecule has 2 saturated heterocycles. The summed E-state index contributed by atoms with van der Waals surface area (Å²) in [6.07, 6.45) is 4.10. The van der Waals surface area contributed by atoms with E-state index in [1.54, 1.807) is 0 Å². The van der Waals surface area contributed by atoms with Crippen LogP contribution in [0.2, 0.25) is 0 Å². The summed E-state index contributed by atoms with van der Waals surface area (Å²) < 4.78 is 11.5. The van der Waals surface area contributed by atoms with Crippen LogP contribution in [0.4, 0.5) is 5.69 Å². The monoisotopic (exact) mass is 332 g/mol. The number of amides is 1. The lowest BCUT2D eigenvalue weighted by atomic mass is 9.84. The molecule has 1 atom stereocenters. The summed E-state index contributed by atoms with van der Waals surface area (Å²) in [5, 5.41) is 3.21. The predicted octanol–water partition coefficient (Wildman–Crippen LogP) is 2.14. The largest absolute Gasteiger partial charge is 0.381 e. The molecular weight excluding hydrogens is 304 g/mol. The van der Waals surface area contributed by atoms with Gasteiger partial charge >= 0.3 is 0 Å². The van der Waals surface area contributed by atoms with Crippen LogP contribution in [0.5, 0.6) is 0 Å². The Bertz CT molecular complexity index is 545. The fraction of sp³-hybridized carbons (Fsp3) is 0.632. The predicted molar refractivity (Wildman–Crippen MR) is 94.4 cm³/mol. The van der Waals surface area contributed by atoms with Gasteiger partial charge in [-0.2, -0.15) is 0 Å². The fourth-order valence-corrected chi connectivity index (χ4v) is 3.62. The van der Waals surface area contributed by atoms with Gasteiger partial charge in [-0.1, -0.05) is 12.1 Å². The quantitative estimate of drug-likeness (QED) is 0.918. The van der Waals surface area contributed by atoms with Crippen molar-refractivity contribution in [3.8, 4) is 0 Å². The third kappa shape index (κ3) is 4.28. The van der Waals surface area contributed by atoms with Crippen molar-refractivity contribution in [1.82, 2.24) is 5.32 Å². The fourth-order valence-electron chi connectivity index (χ4n) is 3.62. The number of anilines is 1. The first-order valence-electron chi connectivity index (χ1n) is 8.84. The number of ether oxygens (including phenoxy) is 2. The maximum Gasteiger partial charge on any atom is 0.224 e. The molecule has 5 heteroatoms. The van der Waals surface area contributed by atoms with E-state index >= 15 is 0 Å². The Hall–Kier alpha value is -1.59. The van der Waals surface area contributed by atoms with Gasteiger partial charge in [0.05, 0.1) is 12.0 Å². The van der Waals surface area contributed by atoms with E-state index < -0.39 is 0 Å². The molecule has 1 unspecified atom stereocenters. The molecule has 2 aliphatic heterocycles. The van der Waals surface area contributed by atoms with Crippen molar-refractivity contribution in [1.29, 1.82) is 0 Å². The van der Waals surface area contributed by atoms with Gasteiger partial charge in [-0.05, 0) is 43.4 Å². The minimum atomic E-state index is -0.0815. The van der Waals surface area contributed by atoms with E-state index in [9.17, 15) is 4.79 Å². The average Bonchev–Trinajstić information content (AvgIpc) is 2.56. The van der Waals surface area contributed by atoms with Gasteiger partial charge < -0.3 is 19.7 Å². The van der Waals surface area contributed by atoms with Crippen molar-refractivity contribution in [2.75, 3.05) is 38.8 Å². The maximum atomic E-state index is 12.4. The summed E-state index contributed by atoms with van der Waals surface area (Å²) in [5.74, 6) is 0.0988. The van der Waals surface area contributed by atoms with Crippen LogP contribution < -0.4 is 10.2 Å². The van der Waals surface area contributed by atoms with Crippen molar-refractivity contribution >= 4 is 11.6 Å². The van der Waals surface area contributed by atoms with Gasteiger partial charge in [0, 0.05) is 45.6 Å². The lowest BCUT2D eigenvalue weighted by Gasteiger charge is -2.43. The highest BCUT2D eigenvalue weighted by atomic mass is 16.5. The minimum Gasteiger partial charge on any atom is -0.381 e. The Morgan fingerprint density at radius 2 is 1.92 bits per heavy atom. The highest BCUT2D eigenvalue weighted by molar-refractivity contribution is 5.79. The highest BCUT2D eigenvalue weighted by Crippen LogP contribution is 2.34. The van der Waals surface area contributed by atoms with Crippen LogP contribution in [0.3, 0.4) is 0 Å². The first-order valence-corrected chi connectivity index (χ1v) is 8.84. The zero-order chi connectivity index (χ0) is 17.0. The first kappa shape index (κ1) is 17.2. The summed E-state index contributed by atoms with van der Waals surface area (Å²) in [7, 11) is 4.03.